The number of thiophene rings is 1. The Morgan fingerprint density at radius 3 is 2.68 bits per heavy atom. The number of sulfonamides is 1. The second kappa shape index (κ2) is 8.25. The molecule has 1 aromatic carbocycles. The van der Waals surface area contributed by atoms with Crippen LogP contribution in [0.5, 0.6) is 0 Å². The summed E-state index contributed by atoms with van der Waals surface area (Å²) in [7, 11) is -3.89. The number of aromatic amines is 1. The number of amides is 1. The summed E-state index contributed by atoms with van der Waals surface area (Å²) in [5.74, 6) is 0.0791. The number of carbonyl (C=O) groups excluding carboxylic acids is 1. The predicted molar refractivity (Wildman–Crippen MR) is 111 cm³/mol. The quantitative estimate of drug-likeness (QED) is 0.492. The number of nitrogens with zero attached hydrogens (tertiary/aromatic N) is 2. The zero-order valence-electron chi connectivity index (χ0n) is 15.2. The molecule has 11 heteroatoms. The fraction of sp³-hybridized carbons (Fsp3) is 0.235. The molecule has 2 aromatic heterocycles. The zero-order chi connectivity index (χ0) is 20.3. The molecule has 0 unspecified atom stereocenters. The van der Waals surface area contributed by atoms with E-state index in [1.54, 1.807) is 34.2 Å². The number of aromatic nitrogens is 3. The second-order valence-corrected chi connectivity index (χ2v) is 8.91. The van der Waals surface area contributed by atoms with E-state index in [0.29, 0.717) is 22.8 Å². The minimum atomic E-state index is -3.89. The highest BCUT2D eigenvalue weighted by Gasteiger charge is 2.24. The second-order valence-electron chi connectivity index (χ2n) is 5.96. The number of aryl methyl sites for hydroxylation is 1. The van der Waals surface area contributed by atoms with Gasteiger partial charge in [0.15, 0.2) is 10.6 Å². The Hall–Kier alpha value is -2.50. The van der Waals surface area contributed by atoms with Gasteiger partial charge in [-0.1, -0.05) is 17.7 Å². The third-order valence-electron chi connectivity index (χ3n) is 3.99. The third-order valence-corrected chi connectivity index (χ3v) is 6.77. The van der Waals surface area contributed by atoms with Gasteiger partial charge in [-0.05, 0) is 49.6 Å². The van der Waals surface area contributed by atoms with Crippen molar-refractivity contribution in [1.29, 1.82) is 0 Å². The molecule has 2 heterocycles. The first-order chi connectivity index (χ1) is 13.3. The van der Waals surface area contributed by atoms with Gasteiger partial charge >= 0.3 is 0 Å². The van der Waals surface area contributed by atoms with Crippen LogP contribution < -0.4 is 10.0 Å². The zero-order valence-corrected chi connectivity index (χ0v) is 17.7. The predicted octanol–water partition coefficient (Wildman–Crippen LogP) is 3.06. The Kier molecular flexibility index (Phi) is 5.96. The lowest BCUT2D eigenvalue weighted by atomic mass is 10.2. The van der Waals surface area contributed by atoms with Crippen molar-refractivity contribution in [3.8, 4) is 0 Å². The summed E-state index contributed by atoms with van der Waals surface area (Å²) in [5.41, 5.74) is 1.45. The minimum Gasteiger partial charge on any atom is -0.344 e. The van der Waals surface area contributed by atoms with Gasteiger partial charge in [0.05, 0.1) is 6.54 Å². The number of hydrogen-bond donors (Lipinski definition) is 3. The molecule has 3 aromatic rings. The number of rotatable bonds is 7. The van der Waals surface area contributed by atoms with E-state index in [-0.39, 0.29) is 16.3 Å². The molecule has 0 saturated heterocycles. The molecule has 8 nitrogen and oxygen atoms in total. The molecule has 0 fully saturated rings. The summed E-state index contributed by atoms with van der Waals surface area (Å²) in [6.45, 7) is 4.57. The van der Waals surface area contributed by atoms with E-state index in [1.807, 2.05) is 13.8 Å². The van der Waals surface area contributed by atoms with E-state index in [4.69, 9.17) is 12.2 Å². The number of benzene rings is 1. The number of H-pyrrole nitrogens is 1. The summed E-state index contributed by atoms with van der Waals surface area (Å²) in [5, 5.41) is 11.0. The average molecular weight is 438 g/mol. The van der Waals surface area contributed by atoms with E-state index in [0.717, 1.165) is 16.9 Å². The van der Waals surface area contributed by atoms with Crippen molar-refractivity contribution in [2.45, 2.75) is 31.8 Å². The van der Waals surface area contributed by atoms with Crippen molar-refractivity contribution < 1.29 is 13.2 Å². The van der Waals surface area contributed by atoms with E-state index in [2.05, 4.69) is 20.2 Å². The van der Waals surface area contributed by atoms with Crippen molar-refractivity contribution in [2.75, 3.05) is 4.72 Å². The minimum absolute atomic E-state index is 0.0649. The van der Waals surface area contributed by atoms with Gasteiger partial charge in [0.2, 0.25) is 0 Å². The molecule has 0 aliphatic rings. The van der Waals surface area contributed by atoms with Crippen molar-refractivity contribution in [3.05, 3.63) is 56.7 Å². The van der Waals surface area contributed by atoms with E-state index in [9.17, 15) is 13.2 Å². The van der Waals surface area contributed by atoms with Gasteiger partial charge in [0, 0.05) is 12.2 Å². The van der Waals surface area contributed by atoms with E-state index < -0.39 is 15.9 Å². The van der Waals surface area contributed by atoms with Crippen LogP contribution in [-0.2, 0) is 23.1 Å². The Bertz CT molecular complexity index is 1140. The molecular weight excluding hydrogens is 418 g/mol. The van der Waals surface area contributed by atoms with Gasteiger partial charge in [-0.2, -0.15) is 5.10 Å². The molecule has 0 radical (unpaired) electrons. The standard InChI is InChI=1S/C17H19N5O3S3/c1-3-22-14(19-20-17(22)26)10-18-16(23)15-13(8-9-27-15)28(24,25)21-12-6-4-11(2)5-7-12/h4-9,21H,3,10H2,1-2H3,(H,18,23)(H,20,26). The fourth-order valence-corrected chi connectivity index (χ4v) is 5.24. The van der Waals surface area contributed by atoms with Crippen LogP contribution in [-0.4, -0.2) is 29.1 Å². The maximum absolute atomic E-state index is 12.7. The van der Waals surface area contributed by atoms with Crippen molar-refractivity contribution >= 4 is 45.2 Å². The van der Waals surface area contributed by atoms with Gasteiger partial charge in [-0.25, -0.2) is 8.42 Å². The van der Waals surface area contributed by atoms with Crippen LogP contribution in [0, 0.1) is 11.7 Å². The highest BCUT2D eigenvalue weighted by atomic mass is 32.2. The summed E-state index contributed by atoms with van der Waals surface area (Å²) in [6.07, 6.45) is 0. The molecule has 0 spiro atoms. The molecule has 3 N–H and O–H groups in total. The lowest BCUT2D eigenvalue weighted by molar-refractivity contribution is 0.0950. The van der Waals surface area contributed by atoms with Crippen LogP contribution in [0.2, 0.25) is 0 Å². The molecule has 3 rings (SSSR count). The van der Waals surface area contributed by atoms with Gasteiger partial charge in [0.1, 0.15) is 9.77 Å². The Morgan fingerprint density at radius 2 is 2.00 bits per heavy atom. The monoisotopic (exact) mass is 437 g/mol. The maximum atomic E-state index is 12.7. The highest BCUT2D eigenvalue weighted by molar-refractivity contribution is 7.93. The molecule has 1 amide bonds. The van der Waals surface area contributed by atoms with Crippen LogP contribution in [0.25, 0.3) is 0 Å². The van der Waals surface area contributed by atoms with Crippen molar-refractivity contribution in [3.63, 3.8) is 0 Å². The third kappa shape index (κ3) is 4.32. The molecule has 0 saturated carbocycles. The number of carbonyl (C=O) groups is 1. The van der Waals surface area contributed by atoms with Crippen molar-refractivity contribution in [2.24, 2.45) is 0 Å². The smallest absolute Gasteiger partial charge is 0.263 e. The first-order valence-corrected chi connectivity index (χ1v) is 11.2. The van der Waals surface area contributed by atoms with Crippen LogP contribution in [0.3, 0.4) is 0 Å². The maximum Gasteiger partial charge on any atom is 0.263 e. The normalized spacial score (nSPS) is 11.4. The van der Waals surface area contributed by atoms with E-state index >= 15 is 0 Å². The number of anilines is 1. The van der Waals surface area contributed by atoms with Crippen molar-refractivity contribution in [1.82, 2.24) is 20.1 Å². The molecule has 148 valence electrons. The summed E-state index contributed by atoms with van der Waals surface area (Å²) in [4.78, 5) is 12.6. The van der Waals surface area contributed by atoms with Crippen LogP contribution in [0.1, 0.15) is 28.0 Å². The average Bonchev–Trinajstić information content (AvgIpc) is 3.28. The molecule has 0 aliphatic heterocycles. The van der Waals surface area contributed by atoms with Crippen LogP contribution in [0.4, 0.5) is 5.69 Å². The first-order valence-electron chi connectivity index (χ1n) is 8.41. The first kappa shape index (κ1) is 20.2. The van der Waals surface area contributed by atoms with Gasteiger partial charge in [-0.3, -0.25) is 14.6 Å². The molecule has 0 aliphatic carbocycles. The number of hydrogen-bond acceptors (Lipinski definition) is 6. The topological polar surface area (TPSA) is 109 Å². The molecule has 28 heavy (non-hydrogen) atoms. The van der Waals surface area contributed by atoms with E-state index in [1.165, 1.54) is 6.07 Å². The molecule has 0 bridgehead atoms. The van der Waals surface area contributed by atoms with Crippen LogP contribution >= 0.6 is 23.6 Å². The molecular formula is C17H19N5O3S3. The largest absolute Gasteiger partial charge is 0.344 e. The molecule has 0 atom stereocenters. The SMILES string of the molecule is CCn1c(CNC(=O)c2sccc2S(=O)(=O)Nc2ccc(C)cc2)n[nH]c1=S. The fourth-order valence-electron chi connectivity index (χ4n) is 2.56. The summed E-state index contributed by atoms with van der Waals surface area (Å²) in [6, 6.07) is 8.37. The lowest BCUT2D eigenvalue weighted by Crippen LogP contribution is -2.26. The Morgan fingerprint density at radius 1 is 1.29 bits per heavy atom. The number of nitrogens with one attached hydrogen (secondary N) is 3. The lowest BCUT2D eigenvalue weighted by Gasteiger charge is -2.10. The Balaban J connectivity index is 1.77. The Labute approximate surface area is 171 Å². The van der Waals surface area contributed by atoms with Gasteiger partial charge < -0.3 is 9.88 Å². The highest BCUT2D eigenvalue weighted by Crippen LogP contribution is 2.24. The van der Waals surface area contributed by atoms with Gasteiger partial charge in [0.25, 0.3) is 15.9 Å². The van der Waals surface area contributed by atoms with Gasteiger partial charge in [-0.15, -0.1) is 11.3 Å². The van der Waals surface area contributed by atoms with Crippen LogP contribution in [0.15, 0.2) is 40.6 Å². The summed E-state index contributed by atoms with van der Waals surface area (Å²) >= 11 is 6.18. The summed E-state index contributed by atoms with van der Waals surface area (Å²) < 4.78 is 30.2.